The van der Waals surface area contributed by atoms with Gasteiger partial charge >= 0.3 is 5.69 Å². The highest BCUT2D eigenvalue weighted by Gasteiger charge is 2.21. The minimum Gasteiger partial charge on any atom is -0.352 e. The van der Waals surface area contributed by atoms with Crippen molar-refractivity contribution in [2.24, 2.45) is 5.41 Å². The molecule has 0 unspecified atom stereocenters. The maximum absolute atomic E-state index is 12.5. The molecule has 3 aromatic rings. The van der Waals surface area contributed by atoms with Crippen molar-refractivity contribution in [3.8, 4) is 17.1 Å². The van der Waals surface area contributed by atoms with E-state index < -0.39 is 11.1 Å². The second-order valence-electron chi connectivity index (χ2n) is 7.53. The van der Waals surface area contributed by atoms with E-state index in [4.69, 9.17) is 23.2 Å². The van der Waals surface area contributed by atoms with Gasteiger partial charge in [0, 0.05) is 26.1 Å². The van der Waals surface area contributed by atoms with E-state index in [9.17, 15) is 9.59 Å². The number of benzene rings is 2. The van der Waals surface area contributed by atoms with Crippen LogP contribution in [0.25, 0.3) is 17.1 Å². The highest BCUT2D eigenvalue weighted by atomic mass is 127. The predicted octanol–water partition coefficient (Wildman–Crippen LogP) is 4.80. The second-order valence-corrected chi connectivity index (χ2v) is 9.59. The number of hydrogen-bond donors (Lipinski definition) is 2. The summed E-state index contributed by atoms with van der Waals surface area (Å²) in [5.74, 6) is 0.322. The number of amides is 1. The first-order valence-corrected chi connectivity index (χ1v) is 10.6. The maximum Gasteiger partial charge on any atom is 0.348 e. The van der Waals surface area contributed by atoms with E-state index in [0.717, 1.165) is 9.13 Å². The Hall–Kier alpha value is -1.84. The fourth-order valence-electron chi connectivity index (χ4n) is 2.54. The molecule has 2 aromatic carbocycles. The number of nitrogens with one attached hydrogen (secondary N) is 2. The number of rotatable bonds is 4. The minimum absolute atomic E-state index is 0.108. The van der Waals surface area contributed by atoms with E-state index in [1.165, 1.54) is 4.68 Å². The zero-order valence-corrected chi connectivity index (χ0v) is 19.7. The molecule has 0 fully saturated rings. The molecule has 0 saturated heterocycles. The summed E-state index contributed by atoms with van der Waals surface area (Å²) in [6, 6.07) is 10.8. The average Bonchev–Trinajstić information content (AvgIpc) is 3.02. The molecular weight excluding hydrogens is 526 g/mol. The zero-order valence-electron chi connectivity index (χ0n) is 16.0. The van der Waals surface area contributed by atoms with Gasteiger partial charge in [0.2, 0.25) is 5.91 Å². The van der Waals surface area contributed by atoms with Crippen LogP contribution in [0.5, 0.6) is 0 Å². The van der Waals surface area contributed by atoms with E-state index >= 15 is 0 Å². The van der Waals surface area contributed by atoms with Gasteiger partial charge in [0.25, 0.3) is 0 Å². The van der Waals surface area contributed by atoms with Crippen molar-refractivity contribution >= 4 is 51.7 Å². The quantitative estimate of drug-likeness (QED) is 0.463. The van der Waals surface area contributed by atoms with Crippen molar-refractivity contribution in [2.45, 2.75) is 27.3 Å². The van der Waals surface area contributed by atoms with Gasteiger partial charge in [-0.1, -0.05) is 56.1 Å². The molecule has 1 aromatic heterocycles. The number of carbonyl (C=O) groups excluding carboxylic acids is 1. The van der Waals surface area contributed by atoms with Crippen LogP contribution in [0, 0.1) is 8.99 Å². The summed E-state index contributed by atoms with van der Waals surface area (Å²) >= 11 is 14.8. The molecule has 152 valence electrons. The third kappa shape index (κ3) is 5.02. The minimum atomic E-state index is -0.525. The molecule has 0 aliphatic heterocycles. The molecule has 0 bridgehead atoms. The lowest BCUT2D eigenvalue weighted by Gasteiger charge is -2.18. The van der Waals surface area contributed by atoms with Crippen LogP contribution in [-0.4, -0.2) is 20.7 Å². The Morgan fingerprint density at radius 1 is 1.17 bits per heavy atom. The molecule has 1 heterocycles. The van der Waals surface area contributed by atoms with Crippen LogP contribution in [0.15, 0.2) is 41.2 Å². The summed E-state index contributed by atoms with van der Waals surface area (Å²) in [5, 5.41) is 7.90. The van der Waals surface area contributed by atoms with E-state index in [1.54, 1.807) is 12.1 Å². The van der Waals surface area contributed by atoms with Gasteiger partial charge in [-0.05, 0) is 52.4 Å². The largest absolute Gasteiger partial charge is 0.352 e. The number of nitrogens with zero attached hydrogens (tertiary/aromatic N) is 2. The van der Waals surface area contributed by atoms with Crippen molar-refractivity contribution in [3.63, 3.8) is 0 Å². The molecule has 3 rings (SSSR count). The number of aromatic nitrogens is 3. The maximum atomic E-state index is 12.5. The SMILES string of the molecule is CC(C)(C)C(=O)NCc1cc(-n2nc(-c3ccc(I)cc3)[nH]c2=O)c(Cl)cc1Cl. The third-order valence-corrected chi connectivity index (χ3v) is 5.57. The van der Waals surface area contributed by atoms with Crippen LogP contribution in [-0.2, 0) is 11.3 Å². The molecule has 29 heavy (non-hydrogen) atoms. The summed E-state index contributed by atoms with van der Waals surface area (Å²) in [4.78, 5) is 27.4. The van der Waals surface area contributed by atoms with Crippen LogP contribution in [0.2, 0.25) is 10.0 Å². The molecule has 0 aliphatic rings. The number of hydrogen-bond acceptors (Lipinski definition) is 3. The molecule has 9 heteroatoms. The van der Waals surface area contributed by atoms with E-state index in [0.29, 0.717) is 22.1 Å². The monoisotopic (exact) mass is 544 g/mol. The van der Waals surface area contributed by atoms with Crippen molar-refractivity contribution < 1.29 is 4.79 Å². The fourth-order valence-corrected chi connectivity index (χ4v) is 3.43. The highest BCUT2D eigenvalue weighted by molar-refractivity contribution is 14.1. The van der Waals surface area contributed by atoms with Crippen LogP contribution < -0.4 is 11.0 Å². The molecule has 0 spiro atoms. The van der Waals surface area contributed by atoms with Crippen LogP contribution in [0.4, 0.5) is 0 Å². The van der Waals surface area contributed by atoms with Crippen LogP contribution in [0.3, 0.4) is 0 Å². The van der Waals surface area contributed by atoms with Gasteiger partial charge in [0.15, 0.2) is 5.82 Å². The summed E-state index contributed by atoms with van der Waals surface area (Å²) in [7, 11) is 0. The van der Waals surface area contributed by atoms with Crippen molar-refractivity contribution in [1.82, 2.24) is 20.1 Å². The lowest BCUT2D eigenvalue weighted by atomic mass is 9.95. The molecule has 0 radical (unpaired) electrons. The second kappa shape index (κ2) is 8.49. The van der Waals surface area contributed by atoms with Gasteiger partial charge in [-0.3, -0.25) is 9.78 Å². The first-order valence-electron chi connectivity index (χ1n) is 8.78. The molecule has 0 atom stereocenters. The Morgan fingerprint density at radius 2 is 1.83 bits per heavy atom. The molecule has 0 saturated carbocycles. The van der Waals surface area contributed by atoms with Crippen molar-refractivity contribution in [3.05, 3.63) is 66.1 Å². The molecular formula is C20H19Cl2IN4O2. The predicted molar refractivity (Wildman–Crippen MR) is 124 cm³/mol. The van der Waals surface area contributed by atoms with Gasteiger partial charge in [-0.25, -0.2) is 4.79 Å². The standard InChI is InChI=1S/C20H19Cl2IN4O2/c1-20(2,3)18(28)24-10-12-8-16(15(22)9-14(12)21)27-19(29)25-17(26-27)11-4-6-13(23)7-5-11/h4-9H,10H2,1-3H3,(H,24,28)(H,25,26,29). The molecule has 2 N–H and O–H groups in total. The topological polar surface area (TPSA) is 79.8 Å². The number of H-pyrrole nitrogens is 1. The van der Waals surface area contributed by atoms with E-state index in [2.05, 4.69) is 38.0 Å². The number of aromatic amines is 1. The molecule has 0 aliphatic carbocycles. The van der Waals surface area contributed by atoms with Gasteiger partial charge < -0.3 is 5.32 Å². The fraction of sp³-hybridized carbons (Fsp3) is 0.250. The normalized spacial score (nSPS) is 11.5. The van der Waals surface area contributed by atoms with Gasteiger partial charge in [0.1, 0.15) is 0 Å². The Balaban J connectivity index is 1.96. The summed E-state index contributed by atoms with van der Waals surface area (Å²) in [6.45, 7) is 5.69. The van der Waals surface area contributed by atoms with Crippen molar-refractivity contribution in [1.29, 1.82) is 0 Å². The summed E-state index contributed by atoms with van der Waals surface area (Å²) < 4.78 is 2.27. The Bertz CT molecular complexity index is 1110. The summed E-state index contributed by atoms with van der Waals surface area (Å²) in [5.41, 5.74) is 0.850. The first-order chi connectivity index (χ1) is 13.6. The van der Waals surface area contributed by atoms with Crippen LogP contribution >= 0.6 is 45.8 Å². The number of halogens is 3. The van der Waals surface area contributed by atoms with E-state index in [-0.39, 0.29) is 17.5 Å². The van der Waals surface area contributed by atoms with E-state index in [1.807, 2.05) is 45.0 Å². The Morgan fingerprint density at radius 3 is 2.45 bits per heavy atom. The number of carbonyl (C=O) groups is 1. The zero-order chi connectivity index (χ0) is 21.3. The third-order valence-electron chi connectivity index (χ3n) is 4.20. The van der Waals surface area contributed by atoms with Gasteiger partial charge in [-0.2, -0.15) is 4.68 Å². The van der Waals surface area contributed by atoms with Gasteiger partial charge in [-0.15, -0.1) is 5.10 Å². The Labute approximate surface area is 191 Å². The average molecular weight is 545 g/mol. The smallest absolute Gasteiger partial charge is 0.348 e. The Kier molecular flexibility index (Phi) is 6.40. The van der Waals surface area contributed by atoms with Crippen molar-refractivity contribution in [2.75, 3.05) is 0 Å². The highest BCUT2D eigenvalue weighted by Crippen LogP contribution is 2.28. The first kappa shape index (κ1) is 21.9. The molecule has 1 amide bonds. The molecule has 6 nitrogen and oxygen atoms in total. The lowest BCUT2D eigenvalue weighted by molar-refractivity contribution is -0.128. The van der Waals surface area contributed by atoms with Crippen LogP contribution in [0.1, 0.15) is 26.3 Å². The lowest BCUT2D eigenvalue weighted by Crippen LogP contribution is -2.34. The van der Waals surface area contributed by atoms with Gasteiger partial charge in [0.05, 0.1) is 10.7 Å². The summed E-state index contributed by atoms with van der Waals surface area (Å²) in [6.07, 6.45) is 0.